The minimum Gasteiger partial charge on any atom is -0.311 e. The van der Waals surface area contributed by atoms with Crippen molar-refractivity contribution in [1.29, 1.82) is 0 Å². The summed E-state index contributed by atoms with van der Waals surface area (Å²) in [6.07, 6.45) is 0. The molecule has 0 aliphatic carbocycles. The lowest BCUT2D eigenvalue weighted by molar-refractivity contribution is 1.40. The lowest BCUT2D eigenvalue weighted by Gasteiger charge is -1.93. The Hall–Kier alpha value is -0.320. The van der Waals surface area contributed by atoms with Crippen molar-refractivity contribution in [2.45, 2.75) is 0 Å². The largest absolute Gasteiger partial charge is 0.311 e. The van der Waals surface area contributed by atoms with E-state index < -0.39 is 0 Å². The molecule has 0 aliphatic rings. The molecule has 2 rings (SSSR count). The lowest BCUT2D eigenvalue weighted by Crippen LogP contribution is -1.89. The molecule has 1 aromatic carbocycles. The van der Waals surface area contributed by atoms with Gasteiger partial charge in [0.1, 0.15) is 0 Å². The van der Waals surface area contributed by atoms with Crippen LogP contribution in [0.4, 0.5) is 0 Å². The van der Waals surface area contributed by atoms with E-state index in [4.69, 9.17) is 11.6 Å². The molecule has 0 aliphatic heterocycles. The highest BCUT2D eigenvalue weighted by atomic mass is 79.9. The molecule has 0 saturated carbocycles. The molecular formula is C7H3BrClNOS. The van der Waals surface area contributed by atoms with Gasteiger partial charge in [0.15, 0.2) is 0 Å². The summed E-state index contributed by atoms with van der Waals surface area (Å²) in [6.45, 7) is 0. The third-order valence-corrected chi connectivity index (χ3v) is 3.12. The van der Waals surface area contributed by atoms with Crippen LogP contribution in [0.5, 0.6) is 0 Å². The quantitative estimate of drug-likeness (QED) is 0.779. The van der Waals surface area contributed by atoms with Crippen LogP contribution in [0, 0.1) is 0 Å². The highest BCUT2D eigenvalue weighted by Gasteiger charge is 2.04. The maximum Gasteiger partial charge on any atom is 0.305 e. The van der Waals surface area contributed by atoms with Crippen molar-refractivity contribution in [1.82, 2.24) is 4.98 Å². The topological polar surface area (TPSA) is 32.9 Å². The Morgan fingerprint density at radius 2 is 2.25 bits per heavy atom. The summed E-state index contributed by atoms with van der Waals surface area (Å²) >= 11 is 10.3. The number of fused-ring (bicyclic) bond motifs is 1. The molecule has 5 heteroatoms. The highest BCUT2D eigenvalue weighted by molar-refractivity contribution is 9.10. The van der Waals surface area contributed by atoms with E-state index in [1.165, 1.54) is 0 Å². The summed E-state index contributed by atoms with van der Waals surface area (Å²) in [4.78, 5) is 13.6. The molecular weight excluding hydrogens is 262 g/mol. The van der Waals surface area contributed by atoms with Crippen molar-refractivity contribution in [3.63, 3.8) is 0 Å². The average molecular weight is 265 g/mol. The van der Waals surface area contributed by atoms with E-state index in [0.717, 1.165) is 26.0 Å². The third kappa shape index (κ3) is 1.30. The Morgan fingerprint density at radius 1 is 1.50 bits per heavy atom. The van der Waals surface area contributed by atoms with Crippen LogP contribution in [0.25, 0.3) is 10.2 Å². The number of rotatable bonds is 0. The van der Waals surface area contributed by atoms with Gasteiger partial charge < -0.3 is 4.98 Å². The standard InChI is InChI=1S/C7H3BrClNOS/c8-4-1-3(9)2-5-6(4)10-7(11)12-5/h1-2H,(H,10,11). The Labute approximate surface area is 85.3 Å². The summed E-state index contributed by atoms with van der Waals surface area (Å²) in [5.41, 5.74) is 0.814. The second-order valence-corrected chi connectivity index (χ2v) is 4.58. The second-order valence-electron chi connectivity index (χ2n) is 2.28. The zero-order valence-electron chi connectivity index (χ0n) is 5.73. The van der Waals surface area contributed by atoms with Gasteiger partial charge in [-0.1, -0.05) is 22.9 Å². The van der Waals surface area contributed by atoms with Gasteiger partial charge in [0.05, 0.1) is 10.2 Å². The number of benzene rings is 1. The van der Waals surface area contributed by atoms with Crippen molar-refractivity contribution in [3.05, 3.63) is 31.3 Å². The van der Waals surface area contributed by atoms with Crippen molar-refractivity contribution in [2.24, 2.45) is 0 Å². The number of H-pyrrole nitrogens is 1. The van der Waals surface area contributed by atoms with Gasteiger partial charge in [-0.25, -0.2) is 0 Å². The fourth-order valence-corrected chi connectivity index (χ4v) is 2.89. The minimum atomic E-state index is -0.0621. The second kappa shape index (κ2) is 2.87. The molecule has 1 N–H and O–H groups in total. The lowest BCUT2D eigenvalue weighted by atomic mass is 10.3. The number of halogens is 2. The van der Waals surface area contributed by atoms with E-state index in [1.807, 2.05) is 0 Å². The summed E-state index contributed by atoms with van der Waals surface area (Å²) < 4.78 is 1.70. The molecule has 2 aromatic rings. The maximum absolute atomic E-state index is 11.0. The molecule has 1 heterocycles. The number of aromatic amines is 1. The predicted molar refractivity (Wildman–Crippen MR) is 55.2 cm³/mol. The molecule has 0 fully saturated rings. The van der Waals surface area contributed by atoms with Gasteiger partial charge in [0, 0.05) is 9.50 Å². The number of aromatic nitrogens is 1. The molecule has 1 aromatic heterocycles. The first kappa shape index (κ1) is 8.29. The smallest absolute Gasteiger partial charge is 0.305 e. The fourth-order valence-electron chi connectivity index (χ4n) is 0.979. The van der Waals surface area contributed by atoms with Crippen LogP contribution in [0.3, 0.4) is 0 Å². The van der Waals surface area contributed by atoms with Gasteiger partial charge in [0.2, 0.25) is 0 Å². The van der Waals surface area contributed by atoms with Crippen LogP contribution in [0.2, 0.25) is 5.02 Å². The van der Waals surface area contributed by atoms with Crippen molar-refractivity contribution < 1.29 is 0 Å². The molecule has 0 unspecified atom stereocenters. The van der Waals surface area contributed by atoms with E-state index in [2.05, 4.69) is 20.9 Å². The van der Waals surface area contributed by atoms with Crippen LogP contribution in [0.15, 0.2) is 21.4 Å². The minimum absolute atomic E-state index is 0.0621. The normalized spacial score (nSPS) is 10.8. The van der Waals surface area contributed by atoms with Crippen molar-refractivity contribution >= 4 is 49.1 Å². The van der Waals surface area contributed by atoms with Crippen LogP contribution >= 0.6 is 38.9 Å². The zero-order chi connectivity index (χ0) is 8.72. The zero-order valence-corrected chi connectivity index (χ0v) is 8.89. The molecule has 0 bridgehead atoms. The molecule has 62 valence electrons. The molecule has 0 radical (unpaired) electrons. The Balaban J connectivity index is 2.97. The average Bonchev–Trinajstić information content (AvgIpc) is 2.29. The van der Waals surface area contributed by atoms with Gasteiger partial charge in [0.25, 0.3) is 0 Å². The van der Waals surface area contributed by atoms with Crippen LogP contribution < -0.4 is 4.87 Å². The number of thiazole rings is 1. The molecule has 0 spiro atoms. The van der Waals surface area contributed by atoms with Crippen molar-refractivity contribution in [3.8, 4) is 0 Å². The first-order chi connectivity index (χ1) is 5.66. The molecule has 12 heavy (non-hydrogen) atoms. The summed E-state index contributed by atoms with van der Waals surface area (Å²) in [7, 11) is 0. The van der Waals surface area contributed by atoms with E-state index in [1.54, 1.807) is 12.1 Å². The van der Waals surface area contributed by atoms with E-state index in [9.17, 15) is 4.79 Å². The highest BCUT2D eigenvalue weighted by Crippen LogP contribution is 2.27. The SMILES string of the molecule is O=c1[nH]c2c(Br)cc(Cl)cc2s1. The third-order valence-electron chi connectivity index (χ3n) is 1.45. The van der Waals surface area contributed by atoms with Crippen LogP contribution in [0.1, 0.15) is 0 Å². The van der Waals surface area contributed by atoms with Gasteiger partial charge in [-0.05, 0) is 28.1 Å². The monoisotopic (exact) mass is 263 g/mol. The van der Waals surface area contributed by atoms with E-state index >= 15 is 0 Å². The van der Waals surface area contributed by atoms with E-state index in [0.29, 0.717) is 5.02 Å². The predicted octanol–water partition coefficient (Wildman–Crippen LogP) is 3.01. The van der Waals surface area contributed by atoms with Gasteiger partial charge in [-0.3, -0.25) is 4.79 Å². The van der Waals surface area contributed by atoms with Crippen LogP contribution in [-0.2, 0) is 0 Å². The molecule has 2 nitrogen and oxygen atoms in total. The Morgan fingerprint density at radius 3 is 3.00 bits per heavy atom. The summed E-state index contributed by atoms with van der Waals surface area (Å²) in [6, 6.07) is 3.52. The van der Waals surface area contributed by atoms with Gasteiger partial charge >= 0.3 is 4.87 Å². The first-order valence-electron chi connectivity index (χ1n) is 3.15. The van der Waals surface area contributed by atoms with Crippen LogP contribution in [-0.4, -0.2) is 4.98 Å². The van der Waals surface area contributed by atoms with Gasteiger partial charge in [-0.15, -0.1) is 0 Å². The first-order valence-corrected chi connectivity index (χ1v) is 5.13. The summed E-state index contributed by atoms with van der Waals surface area (Å²) in [5.74, 6) is 0. The number of nitrogens with one attached hydrogen (secondary N) is 1. The molecule has 0 amide bonds. The van der Waals surface area contributed by atoms with Crippen molar-refractivity contribution in [2.75, 3.05) is 0 Å². The maximum atomic E-state index is 11.0. The summed E-state index contributed by atoms with van der Waals surface area (Å²) in [5, 5.41) is 0.629. The molecule has 0 saturated heterocycles. The van der Waals surface area contributed by atoms with Gasteiger partial charge in [-0.2, -0.15) is 0 Å². The molecule has 0 atom stereocenters. The number of hydrogen-bond donors (Lipinski definition) is 1. The Kier molecular flexibility index (Phi) is 1.98. The fraction of sp³-hybridized carbons (Fsp3) is 0. The van der Waals surface area contributed by atoms with E-state index in [-0.39, 0.29) is 4.87 Å². The number of hydrogen-bond acceptors (Lipinski definition) is 2. The Bertz CT molecular complexity index is 490.